The van der Waals surface area contributed by atoms with E-state index in [1.54, 1.807) is 54.2 Å². The summed E-state index contributed by atoms with van der Waals surface area (Å²) in [6.45, 7) is 1.61. The van der Waals surface area contributed by atoms with Gasteiger partial charge in [0.1, 0.15) is 17.7 Å². The van der Waals surface area contributed by atoms with Gasteiger partial charge >= 0.3 is 6.43 Å². The molecule has 1 heterocycles. The summed E-state index contributed by atoms with van der Waals surface area (Å²) in [5.41, 5.74) is 2.23. The lowest BCUT2D eigenvalue weighted by atomic mass is 10.0. The number of nitrogens with zero attached hydrogens (tertiary/aromatic N) is 2. The molecule has 5 nitrogen and oxygen atoms in total. The number of ether oxygens (including phenoxy) is 1. The Labute approximate surface area is 182 Å². The minimum absolute atomic E-state index is 0.332. The first-order valence-electron chi connectivity index (χ1n) is 9.96. The molecule has 0 fully saturated rings. The molecule has 1 amide bonds. The quantitative estimate of drug-likeness (QED) is 0.438. The minimum Gasteiger partial charge on any atom is -0.484 e. The van der Waals surface area contributed by atoms with Crippen LogP contribution in [0.4, 0.5) is 13.2 Å². The Morgan fingerprint density at radius 2 is 1.75 bits per heavy atom. The summed E-state index contributed by atoms with van der Waals surface area (Å²) in [5, 5.41) is 7.45. The Balaban J connectivity index is 1.62. The Kier molecular flexibility index (Phi) is 6.11. The number of hydrogen-bond donors (Lipinski definition) is 1. The third kappa shape index (κ3) is 4.59. The summed E-state index contributed by atoms with van der Waals surface area (Å²) in [4.78, 5) is 11.5. The van der Waals surface area contributed by atoms with E-state index in [1.807, 2.05) is 24.3 Å². The number of fused-ring (bicyclic) bond motifs is 1. The lowest BCUT2D eigenvalue weighted by molar-refractivity contribution is -0.133. The largest absolute Gasteiger partial charge is 0.484 e. The van der Waals surface area contributed by atoms with E-state index < -0.39 is 24.5 Å². The van der Waals surface area contributed by atoms with Gasteiger partial charge in [0, 0.05) is 5.39 Å². The molecule has 0 aliphatic carbocycles. The highest BCUT2D eigenvalue weighted by Gasteiger charge is 2.26. The van der Waals surface area contributed by atoms with E-state index in [1.165, 1.54) is 12.1 Å². The van der Waals surface area contributed by atoms with Gasteiger partial charge < -0.3 is 10.1 Å². The van der Waals surface area contributed by atoms with E-state index in [9.17, 15) is 18.0 Å². The molecule has 0 aliphatic heterocycles. The van der Waals surface area contributed by atoms with Crippen molar-refractivity contribution in [3.8, 4) is 11.4 Å². The number of benzene rings is 3. The number of carbonyl (C=O) groups excluding carboxylic acids is 1. The molecule has 0 bridgehead atoms. The first-order chi connectivity index (χ1) is 15.4. The number of carbonyl (C=O) groups is 1. The normalized spacial score (nSPS) is 13.2. The van der Waals surface area contributed by atoms with Crippen LogP contribution in [0.5, 0.6) is 5.75 Å². The first kappa shape index (κ1) is 21.4. The van der Waals surface area contributed by atoms with Crippen LogP contribution < -0.4 is 10.1 Å². The van der Waals surface area contributed by atoms with Gasteiger partial charge in [-0.3, -0.25) is 4.79 Å². The van der Waals surface area contributed by atoms with Crippen LogP contribution in [0.2, 0.25) is 0 Å². The highest BCUT2D eigenvalue weighted by molar-refractivity contribution is 5.82. The average Bonchev–Trinajstić information content (AvgIpc) is 3.21. The number of alkyl halides is 2. The van der Waals surface area contributed by atoms with Crippen molar-refractivity contribution >= 4 is 16.8 Å². The molecular weight excluding hydrogens is 419 g/mol. The number of hydrogen-bond acceptors (Lipinski definition) is 3. The minimum atomic E-state index is -3.11. The van der Waals surface area contributed by atoms with E-state index >= 15 is 0 Å². The van der Waals surface area contributed by atoms with Crippen LogP contribution in [-0.2, 0) is 4.79 Å². The molecule has 2 unspecified atom stereocenters. The Morgan fingerprint density at radius 1 is 1.03 bits per heavy atom. The fraction of sp³-hybridized carbons (Fsp3) is 0.167. The lowest BCUT2D eigenvalue weighted by Gasteiger charge is -2.26. The predicted molar refractivity (Wildman–Crippen MR) is 114 cm³/mol. The Morgan fingerprint density at radius 3 is 2.44 bits per heavy atom. The summed E-state index contributed by atoms with van der Waals surface area (Å²) in [5.74, 6) is -1.19. The number of amides is 1. The van der Waals surface area contributed by atoms with Gasteiger partial charge in [0.05, 0.1) is 23.4 Å². The second-order valence-corrected chi connectivity index (χ2v) is 7.30. The summed E-state index contributed by atoms with van der Waals surface area (Å²) in [6.07, 6.45) is -2.14. The van der Waals surface area contributed by atoms with Crippen LogP contribution in [0, 0.1) is 5.82 Å². The number of aromatic nitrogens is 2. The van der Waals surface area contributed by atoms with Crippen molar-refractivity contribution in [2.24, 2.45) is 0 Å². The molecule has 0 spiro atoms. The summed E-state index contributed by atoms with van der Waals surface area (Å²) in [7, 11) is 0. The molecule has 0 saturated carbocycles. The number of rotatable bonds is 7. The van der Waals surface area contributed by atoms with Crippen LogP contribution in [0.25, 0.3) is 16.6 Å². The summed E-state index contributed by atoms with van der Waals surface area (Å²) in [6, 6.07) is 19.7. The van der Waals surface area contributed by atoms with Crippen molar-refractivity contribution in [3.05, 3.63) is 90.4 Å². The van der Waals surface area contributed by atoms with Gasteiger partial charge in [-0.25, -0.2) is 9.07 Å². The summed E-state index contributed by atoms with van der Waals surface area (Å²) >= 11 is 0. The molecule has 2 atom stereocenters. The topological polar surface area (TPSA) is 56.1 Å². The van der Waals surface area contributed by atoms with Gasteiger partial charge in [0.15, 0.2) is 0 Å². The predicted octanol–water partition coefficient (Wildman–Crippen LogP) is 5.05. The third-order valence-electron chi connectivity index (χ3n) is 5.02. The van der Waals surface area contributed by atoms with E-state index in [4.69, 9.17) is 4.74 Å². The van der Waals surface area contributed by atoms with Crippen molar-refractivity contribution in [1.29, 1.82) is 0 Å². The van der Waals surface area contributed by atoms with Crippen molar-refractivity contribution < 1.29 is 22.7 Å². The summed E-state index contributed by atoms with van der Waals surface area (Å²) < 4.78 is 46.5. The van der Waals surface area contributed by atoms with Gasteiger partial charge in [-0.15, -0.1) is 0 Å². The van der Waals surface area contributed by atoms with Crippen LogP contribution in [0.3, 0.4) is 0 Å². The van der Waals surface area contributed by atoms with E-state index in [2.05, 4.69) is 10.4 Å². The molecule has 4 aromatic rings. The fourth-order valence-electron chi connectivity index (χ4n) is 3.48. The standard InChI is InChI=1S/C24H20F3N3O2/c1-15(29-24(31)23(26)27)22(16-5-3-2-4-6-16)32-20-11-12-21-17(13-20)14-28-30(21)19-9-7-18(25)8-10-19/h2-15,22-23H,1H3,(H,29,31). The SMILES string of the molecule is CC(NC(=O)C(F)F)C(Oc1ccc2c(cnn2-c2ccc(F)cc2)c1)c1ccccc1. The Hall–Kier alpha value is -3.81. The second-order valence-electron chi connectivity index (χ2n) is 7.30. The molecule has 0 aliphatic rings. The molecule has 0 radical (unpaired) electrons. The van der Waals surface area contributed by atoms with Gasteiger partial charge in [-0.2, -0.15) is 13.9 Å². The molecule has 3 aromatic carbocycles. The molecule has 1 N–H and O–H groups in total. The van der Waals surface area contributed by atoms with Crippen molar-refractivity contribution in [3.63, 3.8) is 0 Å². The smallest absolute Gasteiger partial charge is 0.315 e. The molecule has 8 heteroatoms. The van der Waals surface area contributed by atoms with Crippen molar-refractivity contribution in [2.75, 3.05) is 0 Å². The molecule has 1 aromatic heterocycles. The van der Waals surface area contributed by atoms with Gasteiger partial charge in [-0.05, 0) is 55.0 Å². The van der Waals surface area contributed by atoms with Crippen LogP contribution >= 0.6 is 0 Å². The van der Waals surface area contributed by atoms with Crippen LogP contribution in [0.1, 0.15) is 18.6 Å². The number of nitrogens with one attached hydrogen (secondary N) is 1. The third-order valence-corrected chi connectivity index (χ3v) is 5.02. The fourth-order valence-corrected chi connectivity index (χ4v) is 3.48. The maximum atomic E-state index is 13.2. The first-order valence-corrected chi connectivity index (χ1v) is 9.96. The maximum absolute atomic E-state index is 13.2. The molecule has 32 heavy (non-hydrogen) atoms. The molecule has 0 saturated heterocycles. The zero-order valence-electron chi connectivity index (χ0n) is 17.1. The van der Waals surface area contributed by atoms with E-state index in [-0.39, 0.29) is 5.82 Å². The average molecular weight is 439 g/mol. The highest BCUT2D eigenvalue weighted by Crippen LogP contribution is 2.29. The zero-order chi connectivity index (χ0) is 22.7. The zero-order valence-corrected chi connectivity index (χ0v) is 17.1. The second kappa shape index (κ2) is 9.13. The number of halogens is 3. The molecular formula is C24H20F3N3O2. The van der Waals surface area contributed by atoms with E-state index in [0.717, 1.165) is 16.5 Å². The molecule has 4 rings (SSSR count). The van der Waals surface area contributed by atoms with Crippen molar-refractivity contribution in [2.45, 2.75) is 25.5 Å². The van der Waals surface area contributed by atoms with Crippen molar-refractivity contribution in [1.82, 2.24) is 15.1 Å². The van der Waals surface area contributed by atoms with Gasteiger partial charge in [0.2, 0.25) is 0 Å². The Bertz CT molecular complexity index is 1210. The van der Waals surface area contributed by atoms with Crippen LogP contribution in [0.15, 0.2) is 79.0 Å². The van der Waals surface area contributed by atoms with Gasteiger partial charge in [0.25, 0.3) is 5.91 Å². The molecule has 164 valence electrons. The monoisotopic (exact) mass is 439 g/mol. The highest BCUT2D eigenvalue weighted by atomic mass is 19.3. The van der Waals surface area contributed by atoms with E-state index in [0.29, 0.717) is 11.4 Å². The van der Waals surface area contributed by atoms with Gasteiger partial charge in [-0.1, -0.05) is 30.3 Å². The van der Waals surface area contributed by atoms with Crippen LogP contribution in [-0.4, -0.2) is 28.2 Å². The maximum Gasteiger partial charge on any atom is 0.315 e. The lowest BCUT2D eigenvalue weighted by Crippen LogP contribution is -2.41.